The number of nitrogens with zero attached hydrogens (tertiary/aromatic N) is 1. The molecule has 0 fully saturated rings. The van der Waals surface area contributed by atoms with Crippen LogP contribution in [-0.2, 0) is 9.59 Å². The van der Waals surface area contributed by atoms with Gasteiger partial charge in [0.15, 0.2) is 17.3 Å². The quantitative estimate of drug-likeness (QED) is 0.224. The summed E-state index contributed by atoms with van der Waals surface area (Å²) >= 11 is 0. The van der Waals surface area contributed by atoms with Crippen LogP contribution in [0, 0.1) is 0 Å². The third kappa shape index (κ3) is 6.33. The molecule has 5 rings (SSSR count). The van der Waals surface area contributed by atoms with Gasteiger partial charge in [0, 0.05) is 29.7 Å². The number of Topliss-reactive ketones (excluding diaryl/α,β-unsaturated/α-hetero) is 1. The molecule has 0 radical (unpaired) electrons. The molecule has 0 saturated carbocycles. The summed E-state index contributed by atoms with van der Waals surface area (Å²) in [4.78, 5) is 30.6. The first kappa shape index (κ1) is 31.2. The molecule has 0 unspecified atom stereocenters. The molecule has 2 aliphatic rings. The molecule has 0 aromatic heterocycles. The van der Waals surface area contributed by atoms with Gasteiger partial charge in [-0.3, -0.25) is 14.5 Å². The highest BCUT2D eigenvalue weighted by atomic mass is 16.5. The molecule has 0 spiro atoms. The Labute approximate surface area is 261 Å². The molecule has 3 aromatic carbocycles. The number of hydrogen-bond donors (Lipinski definition) is 1. The molecule has 1 aliphatic carbocycles. The highest BCUT2D eigenvalue weighted by Crippen LogP contribution is 2.49. The van der Waals surface area contributed by atoms with Crippen molar-refractivity contribution in [2.45, 2.75) is 83.8 Å². The minimum Gasteiger partial charge on any atom is -0.493 e. The Morgan fingerprint density at radius 3 is 2.43 bits per heavy atom. The second-order valence-electron chi connectivity index (χ2n) is 11.7. The van der Waals surface area contributed by atoms with Gasteiger partial charge >= 0.3 is 0 Å². The molecule has 1 aliphatic heterocycles. The average molecular weight is 597 g/mol. The molecule has 1 N–H and O–H groups in total. The number of benzene rings is 3. The van der Waals surface area contributed by atoms with Crippen LogP contribution in [0.3, 0.4) is 0 Å². The first-order valence-electron chi connectivity index (χ1n) is 15.8. The topological polar surface area (TPSA) is 77.1 Å². The highest BCUT2D eigenvalue weighted by Gasteiger charge is 2.42. The Balaban J connectivity index is 1.68. The maximum absolute atomic E-state index is 14.5. The summed E-state index contributed by atoms with van der Waals surface area (Å²) in [6.07, 6.45) is 4.92. The van der Waals surface area contributed by atoms with Gasteiger partial charge in [-0.15, -0.1) is 0 Å². The van der Waals surface area contributed by atoms with E-state index >= 15 is 0 Å². The first-order valence-corrected chi connectivity index (χ1v) is 15.8. The van der Waals surface area contributed by atoms with Gasteiger partial charge in [-0.25, -0.2) is 0 Å². The van der Waals surface area contributed by atoms with E-state index in [9.17, 15) is 9.59 Å². The van der Waals surface area contributed by atoms with Gasteiger partial charge in [0.25, 0.3) is 0 Å². The molecule has 0 saturated heterocycles. The minimum atomic E-state index is -0.630. The van der Waals surface area contributed by atoms with E-state index in [0.29, 0.717) is 42.1 Å². The number of carbonyl (C=O) groups is 2. The number of fused-ring (bicyclic) bond motifs is 1. The van der Waals surface area contributed by atoms with E-state index in [0.717, 1.165) is 53.9 Å². The summed E-state index contributed by atoms with van der Waals surface area (Å²) in [5, 5.41) is 3.63. The van der Waals surface area contributed by atoms with E-state index in [1.54, 1.807) is 14.2 Å². The van der Waals surface area contributed by atoms with Crippen molar-refractivity contribution in [3.05, 3.63) is 89.1 Å². The predicted molar refractivity (Wildman–Crippen MR) is 175 cm³/mol. The van der Waals surface area contributed by atoms with Gasteiger partial charge in [0.2, 0.25) is 5.91 Å². The molecule has 232 valence electrons. The minimum absolute atomic E-state index is 0.000364. The second kappa shape index (κ2) is 14.0. The van der Waals surface area contributed by atoms with Gasteiger partial charge in [-0.2, -0.15) is 0 Å². The Bertz CT molecular complexity index is 1530. The Kier molecular flexibility index (Phi) is 9.93. The van der Waals surface area contributed by atoms with Crippen molar-refractivity contribution in [2.75, 3.05) is 24.4 Å². The number of para-hydroxylation sites is 3. The van der Waals surface area contributed by atoms with E-state index in [1.807, 2.05) is 78.6 Å². The number of amides is 1. The lowest BCUT2D eigenvalue weighted by atomic mass is 9.78. The number of rotatable bonds is 11. The van der Waals surface area contributed by atoms with E-state index < -0.39 is 6.04 Å². The monoisotopic (exact) mass is 596 g/mol. The lowest BCUT2D eigenvalue weighted by Crippen LogP contribution is -2.38. The number of allylic oxidation sites excluding steroid dienone is 1. The molecule has 1 heterocycles. The number of ketones is 1. The Hall–Kier alpha value is -4.26. The number of hydrogen-bond acceptors (Lipinski definition) is 6. The summed E-state index contributed by atoms with van der Waals surface area (Å²) in [5.41, 5.74) is 4.87. The zero-order chi connectivity index (χ0) is 31.2. The highest BCUT2D eigenvalue weighted by molar-refractivity contribution is 6.06. The smallest absolute Gasteiger partial charge is 0.227 e. The fourth-order valence-corrected chi connectivity index (χ4v) is 6.26. The van der Waals surface area contributed by atoms with Crippen molar-refractivity contribution in [3.8, 4) is 17.2 Å². The molecule has 3 aromatic rings. The van der Waals surface area contributed by atoms with Crippen LogP contribution < -0.4 is 24.4 Å². The predicted octanol–water partition coefficient (Wildman–Crippen LogP) is 8.36. The van der Waals surface area contributed by atoms with Crippen LogP contribution in [0.1, 0.15) is 88.8 Å². The molecular weight excluding hydrogens is 552 g/mol. The third-order valence-corrected chi connectivity index (χ3v) is 8.75. The van der Waals surface area contributed by atoms with Crippen LogP contribution in [0.5, 0.6) is 17.2 Å². The molecule has 1 amide bonds. The Morgan fingerprint density at radius 1 is 0.932 bits per heavy atom. The van der Waals surface area contributed by atoms with Crippen LogP contribution in [0.15, 0.2) is 78.0 Å². The van der Waals surface area contributed by atoms with Crippen LogP contribution in [0.25, 0.3) is 0 Å². The first-order chi connectivity index (χ1) is 21.4. The SMILES string of the molecule is CCCCCC(=O)N1c2ccccc2NC2=C(C(=O)C[C@@H](c3ccc(OC)c(OC)c3)C2)[C@@H]1c1ccccc1O[C@H](C)CC. The molecule has 44 heavy (non-hydrogen) atoms. The number of anilines is 2. The number of carbonyl (C=O) groups excluding carboxylic acids is 2. The van der Waals surface area contributed by atoms with Crippen LogP contribution in [-0.4, -0.2) is 32.0 Å². The summed E-state index contributed by atoms with van der Waals surface area (Å²) in [5.74, 6) is 1.92. The van der Waals surface area contributed by atoms with Crippen molar-refractivity contribution in [1.29, 1.82) is 0 Å². The van der Waals surface area contributed by atoms with Crippen molar-refractivity contribution in [3.63, 3.8) is 0 Å². The van der Waals surface area contributed by atoms with Crippen LogP contribution in [0.4, 0.5) is 11.4 Å². The summed E-state index contributed by atoms with van der Waals surface area (Å²) in [6, 6.07) is 21.0. The molecule has 0 bridgehead atoms. The van der Waals surface area contributed by atoms with Crippen molar-refractivity contribution < 1.29 is 23.8 Å². The fraction of sp³-hybridized carbons (Fsp3) is 0.405. The molecule has 7 nitrogen and oxygen atoms in total. The summed E-state index contributed by atoms with van der Waals surface area (Å²) in [7, 11) is 3.23. The fourth-order valence-electron chi connectivity index (χ4n) is 6.26. The van der Waals surface area contributed by atoms with Crippen molar-refractivity contribution >= 4 is 23.1 Å². The number of nitrogens with one attached hydrogen (secondary N) is 1. The standard InChI is InChI=1S/C37H44N2O5/c1-6-8-9-18-35(41)39-30-16-12-11-15-28(30)38-29-21-26(25-19-20-33(42-4)34(23-25)43-5)22-31(40)36(29)37(39)27-14-10-13-17-32(27)44-24(3)7-2/h10-17,19-20,23-24,26,37-38H,6-9,18,21-22H2,1-5H3/t24-,26+,37+/m1/s1. The van der Waals surface area contributed by atoms with Gasteiger partial charge < -0.3 is 19.5 Å². The van der Waals surface area contributed by atoms with Crippen molar-refractivity contribution in [2.24, 2.45) is 0 Å². The molecular formula is C37H44N2O5. The lowest BCUT2D eigenvalue weighted by molar-refractivity contribution is -0.119. The number of unbranched alkanes of at least 4 members (excludes halogenated alkanes) is 2. The third-order valence-electron chi connectivity index (χ3n) is 8.75. The van der Waals surface area contributed by atoms with E-state index in [2.05, 4.69) is 19.2 Å². The second-order valence-corrected chi connectivity index (χ2v) is 11.7. The van der Waals surface area contributed by atoms with Crippen LogP contribution in [0.2, 0.25) is 0 Å². The summed E-state index contributed by atoms with van der Waals surface area (Å²) < 4.78 is 17.5. The van der Waals surface area contributed by atoms with E-state index in [-0.39, 0.29) is 23.7 Å². The van der Waals surface area contributed by atoms with Crippen LogP contribution >= 0.6 is 0 Å². The normalized spacial score (nSPS) is 18.5. The van der Waals surface area contributed by atoms with Gasteiger partial charge in [0.1, 0.15) is 5.75 Å². The zero-order valence-electron chi connectivity index (χ0n) is 26.5. The average Bonchev–Trinajstić information content (AvgIpc) is 3.19. The largest absolute Gasteiger partial charge is 0.493 e. The molecule has 3 atom stereocenters. The number of methoxy groups -OCH3 is 2. The van der Waals surface area contributed by atoms with Gasteiger partial charge in [-0.1, -0.05) is 63.1 Å². The van der Waals surface area contributed by atoms with E-state index in [1.165, 1.54) is 0 Å². The maximum Gasteiger partial charge on any atom is 0.227 e. The summed E-state index contributed by atoms with van der Waals surface area (Å²) in [6.45, 7) is 6.26. The Morgan fingerprint density at radius 2 is 1.68 bits per heavy atom. The van der Waals surface area contributed by atoms with Gasteiger partial charge in [0.05, 0.1) is 37.7 Å². The van der Waals surface area contributed by atoms with Crippen molar-refractivity contribution in [1.82, 2.24) is 0 Å². The van der Waals surface area contributed by atoms with Gasteiger partial charge in [-0.05, 0) is 68.0 Å². The maximum atomic E-state index is 14.5. The molecule has 7 heteroatoms. The lowest BCUT2D eigenvalue weighted by Gasteiger charge is -2.36. The number of ether oxygens (including phenoxy) is 3. The van der Waals surface area contributed by atoms with E-state index in [4.69, 9.17) is 14.2 Å². The zero-order valence-corrected chi connectivity index (χ0v) is 26.5.